The normalized spacial score (nSPS) is 13.9. The Balaban J connectivity index is 1.80. The molecule has 0 spiro atoms. The van der Waals surface area contributed by atoms with Gasteiger partial charge in [0, 0.05) is 16.8 Å². The zero-order valence-electron chi connectivity index (χ0n) is 15.6. The van der Waals surface area contributed by atoms with E-state index in [2.05, 4.69) is 20.1 Å². The number of rotatable bonds is 4. The molecule has 0 bridgehead atoms. The first-order valence-corrected chi connectivity index (χ1v) is 9.20. The maximum absolute atomic E-state index is 12.8. The van der Waals surface area contributed by atoms with E-state index in [-0.39, 0.29) is 41.1 Å². The fourth-order valence-electron chi connectivity index (χ4n) is 3.04. The molecule has 1 N–H and O–H groups in total. The number of hydrogen-bond donors (Lipinski definition) is 1. The summed E-state index contributed by atoms with van der Waals surface area (Å²) in [6.45, 7) is -0.0812. The molecule has 1 aliphatic heterocycles. The predicted octanol–water partition coefficient (Wildman–Crippen LogP) is 3.02. The van der Waals surface area contributed by atoms with Crippen molar-refractivity contribution in [2.24, 2.45) is 0 Å². The predicted molar refractivity (Wildman–Crippen MR) is 103 cm³/mol. The van der Waals surface area contributed by atoms with E-state index in [1.54, 1.807) is 12.1 Å². The minimum absolute atomic E-state index is 0.00194. The minimum Gasteiger partial charge on any atom is -0.406 e. The van der Waals surface area contributed by atoms with Gasteiger partial charge >= 0.3 is 6.36 Å². The molecule has 0 unspecified atom stereocenters. The Hall–Kier alpha value is -3.60. The summed E-state index contributed by atoms with van der Waals surface area (Å²) in [7, 11) is 0. The summed E-state index contributed by atoms with van der Waals surface area (Å²) in [5, 5.41) is 6.82. The highest BCUT2D eigenvalue weighted by Gasteiger charge is 2.32. The minimum atomic E-state index is -4.90. The van der Waals surface area contributed by atoms with Crippen LogP contribution in [0.25, 0.3) is 16.9 Å². The summed E-state index contributed by atoms with van der Waals surface area (Å²) in [5.74, 6) is -1.34. The van der Waals surface area contributed by atoms with E-state index in [1.165, 1.54) is 34.1 Å². The summed E-state index contributed by atoms with van der Waals surface area (Å²) >= 11 is 6.01. The third kappa shape index (κ3) is 4.61. The largest absolute Gasteiger partial charge is 0.573 e. The fraction of sp³-hybridized carbons (Fsp3) is 0.158. The third-order valence-electron chi connectivity index (χ3n) is 4.31. The van der Waals surface area contributed by atoms with Gasteiger partial charge in [-0.15, -0.1) is 13.2 Å². The van der Waals surface area contributed by atoms with E-state index in [1.807, 2.05) is 0 Å². The number of hydrogen-bond acceptors (Lipinski definition) is 5. The van der Waals surface area contributed by atoms with Crippen molar-refractivity contribution >= 4 is 23.4 Å². The van der Waals surface area contributed by atoms with Gasteiger partial charge in [0.25, 0.3) is 5.91 Å². The summed E-state index contributed by atoms with van der Waals surface area (Å²) in [6, 6.07) is 8.29. The van der Waals surface area contributed by atoms with Crippen molar-refractivity contribution in [3.05, 3.63) is 59.5 Å². The third-order valence-corrected chi connectivity index (χ3v) is 4.53. The van der Waals surface area contributed by atoms with Crippen LogP contribution >= 0.6 is 11.6 Å². The lowest BCUT2D eigenvalue weighted by atomic mass is 10.1. The number of aromatic nitrogens is 3. The molecular weight excluding hydrogens is 439 g/mol. The Morgan fingerprint density at radius 1 is 1.23 bits per heavy atom. The highest BCUT2D eigenvalue weighted by molar-refractivity contribution is 6.31. The Labute approximate surface area is 178 Å². The summed E-state index contributed by atoms with van der Waals surface area (Å²) in [4.78, 5) is 29.5. The van der Waals surface area contributed by atoms with Crippen LogP contribution in [0.4, 0.5) is 13.2 Å². The number of ether oxygens (including phenoxy) is 1. The van der Waals surface area contributed by atoms with Crippen molar-refractivity contribution in [1.29, 1.82) is 0 Å². The SMILES string of the molecule is O=C1CN(C(=O)c2cc(-c3cc(Cl)cc(OC(F)(F)F)c3)n(-c3cccnc3)n2)CN1. The van der Waals surface area contributed by atoms with E-state index >= 15 is 0 Å². The molecule has 1 saturated heterocycles. The Morgan fingerprint density at radius 2 is 2.03 bits per heavy atom. The van der Waals surface area contributed by atoms with Gasteiger partial charge in [-0.05, 0) is 36.4 Å². The molecule has 0 radical (unpaired) electrons. The molecule has 1 aliphatic rings. The second-order valence-corrected chi connectivity index (χ2v) is 6.96. The van der Waals surface area contributed by atoms with Gasteiger partial charge in [0.15, 0.2) is 5.69 Å². The molecule has 0 aliphatic carbocycles. The first-order valence-electron chi connectivity index (χ1n) is 8.83. The van der Waals surface area contributed by atoms with E-state index < -0.39 is 18.0 Å². The highest BCUT2D eigenvalue weighted by atomic mass is 35.5. The second kappa shape index (κ2) is 7.91. The quantitative estimate of drug-likeness (QED) is 0.658. The topological polar surface area (TPSA) is 89.4 Å². The number of pyridine rings is 1. The van der Waals surface area contributed by atoms with E-state index in [9.17, 15) is 22.8 Å². The molecule has 31 heavy (non-hydrogen) atoms. The highest BCUT2D eigenvalue weighted by Crippen LogP contribution is 2.33. The molecule has 4 rings (SSSR count). The van der Waals surface area contributed by atoms with Crippen LogP contribution in [-0.2, 0) is 4.79 Å². The van der Waals surface area contributed by atoms with Crippen molar-refractivity contribution in [2.75, 3.05) is 13.2 Å². The maximum Gasteiger partial charge on any atom is 0.573 e. The van der Waals surface area contributed by atoms with Crippen LogP contribution in [-0.4, -0.2) is 51.1 Å². The molecule has 2 aromatic heterocycles. The van der Waals surface area contributed by atoms with Crippen molar-refractivity contribution < 1.29 is 27.5 Å². The molecule has 1 aromatic carbocycles. The molecule has 2 amide bonds. The smallest absolute Gasteiger partial charge is 0.406 e. The lowest BCUT2D eigenvalue weighted by molar-refractivity contribution is -0.274. The molecular formula is C19H13ClF3N5O3. The van der Waals surface area contributed by atoms with Gasteiger partial charge in [0.05, 0.1) is 24.2 Å². The van der Waals surface area contributed by atoms with Crippen molar-refractivity contribution in [3.63, 3.8) is 0 Å². The molecule has 3 heterocycles. The molecule has 0 atom stereocenters. The number of halogens is 4. The van der Waals surface area contributed by atoms with Crippen LogP contribution in [0.5, 0.6) is 5.75 Å². The number of alkyl halides is 3. The zero-order valence-corrected chi connectivity index (χ0v) is 16.3. The number of carbonyl (C=O) groups excluding carboxylic acids is 2. The Morgan fingerprint density at radius 3 is 2.68 bits per heavy atom. The maximum atomic E-state index is 12.8. The Bertz CT molecular complexity index is 1150. The van der Waals surface area contributed by atoms with Crippen LogP contribution < -0.4 is 10.1 Å². The molecule has 8 nitrogen and oxygen atoms in total. The van der Waals surface area contributed by atoms with Crippen molar-refractivity contribution in [3.8, 4) is 22.7 Å². The molecule has 3 aromatic rings. The van der Waals surface area contributed by atoms with Gasteiger partial charge in [0.2, 0.25) is 5.91 Å². The van der Waals surface area contributed by atoms with Crippen LogP contribution in [0.15, 0.2) is 48.8 Å². The number of carbonyl (C=O) groups is 2. The first-order chi connectivity index (χ1) is 14.7. The van der Waals surface area contributed by atoms with Crippen LogP contribution in [0.2, 0.25) is 5.02 Å². The summed E-state index contributed by atoms with van der Waals surface area (Å²) in [5.41, 5.74) is 0.973. The van der Waals surface area contributed by atoms with Crippen molar-refractivity contribution in [1.82, 2.24) is 25.0 Å². The number of amides is 2. The monoisotopic (exact) mass is 451 g/mol. The lowest BCUT2D eigenvalue weighted by Gasteiger charge is -2.12. The van der Waals surface area contributed by atoms with Gasteiger partial charge in [0.1, 0.15) is 12.3 Å². The number of nitrogens with one attached hydrogen (secondary N) is 1. The van der Waals surface area contributed by atoms with Crippen molar-refractivity contribution in [2.45, 2.75) is 6.36 Å². The van der Waals surface area contributed by atoms with E-state index in [0.717, 1.165) is 12.1 Å². The van der Waals surface area contributed by atoms with Gasteiger partial charge < -0.3 is 15.0 Å². The average molecular weight is 452 g/mol. The second-order valence-electron chi connectivity index (χ2n) is 6.52. The zero-order chi connectivity index (χ0) is 22.2. The fourth-order valence-corrected chi connectivity index (χ4v) is 3.27. The summed E-state index contributed by atoms with van der Waals surface area (Å²) < 4.78 is 43.4. The Kier molecular flexibility index (Phi) is 5.27. The number of benzene rings is 1. The first kappa shape index (κ1) is 20.7. The lowest BCUT2D eigenvalue weighted by Crippen LogP contribution is -2.30. The van der Waals surface area contributed by atoms with Crippen LogP contribution in [0.1, 0.15) is 10.5 Å². The van der Waals surface area contributed by atoms with Gasteiger partial charge in [-0.2, -0.15) is 5.10 Å². The average Bonchev–Trinajstić information content (AvgIpc) is 3.33. The van der Waals surface area contributed by atoms with Gasteiger partial charge in [-0.3, -0.25) is 14.6 Å². The molecule has 0 saturated carbocycles. The standard InChI is InChI=1S/C19H13ClF3N5O3/c20-12-4-11(5-14(6-12)31-19(21,22)23)16-7-15(18(30)27-9-17(29)25-10-27)26-28(16)13-2-1-3-24-8-13/h1-8H,9-10H2,(H,25,29). The molecule has 12 heteroatoms. The van der Waals surface area contributed by atoms with Crippen LogP contribution in [0.3, 0.4) is 0 Å². The molecule has 1 fully saturated rings. The number of nitrogens with zero attached hydrogens (tertiary/aromatic N) is 4. The summed E-state index contributed by atoms with van der Waals surface area (Å²) in [6.07, 6.45) is -1.89. The van der Waals surface area contributed by atoms with Gasteiger partial charge in [-0.1, -0.05) is 11.6 Å². The molecule has 160 valence electrons. The van der Waals surface area contributed by atoms with Crippen LogP contribution in [0, 0.1) is 0 Å². The van der Waals surface area contributed by atoms with E-state index in [0.29, 0.717) is 5.69 Å². The van der Waals surface area contributed by atoms with Gasteiger partial charge in [-0.25, -0.2) is 4.68 Å². The van der Waals surface area contributed by atoms with E-state index in [4.69, 9.17) is 11.6 Å².